The molecule has 0 radical (unpaired) electrons. The Hall–Kier alpha value is -3.49. The molecule has 2 aromatic carbocycles. The number of hydrogen-bond donors (Lipinski definition) is 0. The first-order chi connectivity index (χ1) is 14.6. The number of thiophene rings is 1. The van der Waals surface area contributed by atoms with Crippen LogP contribution in [0.25, 0.3) is 16.5 Å². The smallest absolute Gasteiger partial charge is 0.331 e. The Morgan fingerprint density at radius 1 is 1.20 bits per heavy atom. The first-order valence-corrected chi connectivity index (χ1v) is 9.92. The number of hydrogen-bond acceptors (Lipinski definition) is 7. The molecule has 0 bridgehead atoms. The largest absolute Gasteiger partial charge is 0.467 e. The van der Waals surface area contributed by atoms with Gasteiger partial charge in [0.05, 0.1) is 11.5 Å². The molecule has 1 aromatic heterocycles. The van der Waals surface area contributed by atoms with Crippen LogP contribution in [0.15, 0.2) is 60.7 Å². The molecule has 1 aliphatic heterocycles. The first-order valence-electron chi connectivity index (χ1n) is 9.11. The monoisotopic (exact) mass is 423 g/mol. The highest BCUT2D eigenvalue weighted by Crippen LogP contribution is 2.33. The third-order valence-corrected chi connectivity index (χ3v) is 5.52. The van der Waals surface area contributed by atoms with E-state index < -0.39 is 10.9 Å². The van der Waals surface area contributed by atoms with Gasteiger partial charge in [0, 0.05) is 39.1 Å². The molecule has 0 saturated carbocycles. The van der Waals surface area contributed by atoms with Gasteiger partial charge in [-0.05, 0) is 23.8 Å². The summed E-state index contributed by atoms with van der Waals surface area (Å²) >= 11 is 1.56. The van der Waals surface area contributed by atoms with Gasteiger partial charge in [-0.1, -0.05) is 30.3 Å². The topological polar surface area (TPSA) is 87.9 Å². The van der Waals surface area contributed by atoms with E-state index in [2.05, 4.69) is 0 Å². The molecule has 152 valence electrons. The van der Waals surface area contributed by atoms with Crippen molar-refractivity contribution in [1.82, 2.24) is 0 Å². The maximum Gasteiger partial charge on any atom is 0.331 e. The summed E-state index contributed by atoms with van der Waals surface area (Å²) in [5, 5.41) is 11.1. The zero-order valence-electron chi connectivity index (χ0n) is 15.8. The summed E-state index contributed by atoms with van der Waals surface area (Å²) in [6.07, 6.45) is 3.03. The first kappa shape index (κ1) is 19.8. The Morgan fingerprint density at radius 3 is 2.83 bits per heavy atom. The normalized spacial score (nSPS) is 12.9. The fourth-order valence-electron chi connectivity index (χ4n) is 3.04. The van der Waals surface area contributed by atoms with Crippen molar-refractivity contribution >= 4 is 29.1 Å². The van der Waals surface area contributed by atoms with Crippen LogP contribution in [0, 0.1) is 10.1 Å². The lowest BCUT2D eigenvalue weighted by molar-refractivity contribution is -0.385. The van der Waals surface area contributed by atoms with E-state index in [0.29, 0.717) is 16.9 Å². The van der Waals surface area contributed by atoms with Gasteiger partial charge in [0.15, 0.2) is 6.79 Å². The molecule has 0 amide bonds. The lowest BCUT2D eigenvalue weighted by Gasteiger charge is -2.20. The van der Waals surface area contributed by atoms with E-state index in [-0.39, 0.29) is 25.7 Å². The molecule has 0 fully saturated rings. The lowest BCUT2D eigenvalue weighted by Crippen LogP contribution is -2.14. The van der Waals surface area contributed by atoms with Crippen LogP contribution in [0.5, 0.6) is 5.75 Å². The van der Waals surface area contributed by atoms with Crippen molar-refractivity contribution in [3.8, 4) is 16.2 Å². The van der Waals surface area contributed by atoms with Crippen LogP contribution in [-0.2, 0) is 27.5 Å². The minimum atomic E-state index is -0.544. The lowest BCUT2D eigenvalue weighted by atomic mass is 10.1. The van der Waals surface area contributed by atoms with Crippen LogP contribution >= 0.6 is 11.3 Å². The number of esters is 1. The Labute approximate surface area is 176 Å². The Bertz CT molecular complexity index is 1110. The van der Waals surface area contributed by atoms with Gasteiger partial charge in [0.1, 0.15) is 12.4 Å². The molecule has 0 atom stereocenters. The molecule has 0 spiro atoms. The number of rotatable bonds is 6. The summed E-state index contributed by atoms with van der Waals surface area (Å²) in [6.45, 7) is 0.126. The number of nitro benzene ring substituents is 1. The Balaban J connectivity index is 1.42. The molecule has 30 heavy (non-hydrogen) atoms. The molecule has 1 aliphatic rings. The van der Waals surface area contributed by atoms with Crippen molar-refractivity contribution in [3.05, 3.63) is 86.8 Å². The van der Waals surface area contributed by atoms with Gasteiger partial charge in [-0.3, -0.25) is 10.1 Å². The van der Waals surface area contributed by atoms with Gasteiger partial charge in [-0.15, -0.1) is 11.3 Å². The minimum Gasteiger partial charge on any atom is -0.467 e. The maximum atomic E-state index is 12.1. The SMILES string of the molecule is O=C(/C=C/c1ccc(-c2ccccc2)s1)OCc1cc([N+](=O)[O-])cc2c1OCOC2. The molecule has 3 aromatic rings. The van der Waals surface area contributed by atoms with E-state index in [0.717, 1.165) is 15.3 Å². The molecule has 0 aliphatic carbocycles. The van der Waals surface area contributed by atoms with Crippen LogP contribution in [0.4, 0.5) is 5.69 Å². The average molecular weight is 423 g/mol. The highest BCUT2D eigenvalue weighted by Gasteiger charge is 2.21. The Morgan fingerprint density at radius 2 is 2.03 bits per heavy atom. The number of nitrogens with zero attached hydrogens (tertiary/aromatic N) is 1. The molecule has 0 saturated heterocycles. The van der Waals surface area contributed by atoms with Crippen molar-refractivity contribution in [2.24, 2.45) is 0 Å². The predicted octanol–water partition coefficient (Wildman–Crippen LogP) is 4.95. The van der Waals surface area contributed by atoms with Crippen molar-refractivity contribution in [2.45, 2.75) is 13.2 Å². The molecular weight excluding hydrogens is 406 g/mol. The molecular formula is C22H17NO6S. The number of nitro groups is 1. The average Bonchev–Trinajstić information content (AvgIpc) is 3.25. The summed E-state index contributed by atoms with van der Waals surface area (Å²) in [5.74, 6) is -0.0774. The fourth-order valence-corrected chi connectivity index (χ4v) is 3.96. The standard InChI is InChI=1S/C22H17NO6S/c24-21(9-7-19-6-8-20(30-19)15-4-2-1-3-5-15)28-13-17-11-18(23(25)26)10-16-12-27-14-29-22(16)17/h1-11H,12-14H2/b9-7+. The van der Waals surface area contributed by atoms with Gasteiger partial charge in [0.25, 0.3) is 5.69 Å². The highest BCUT2D eigenvalue weighted by atomic mass is 32.1. The van der Waals surface area contributed by atoms with E-state index >= 15 is 0 Å². The van der Waals surface area contributed by atoms with Gasteiger partial charge in [0.2, 0.25) is 0 Å². The fraction of sp³-hybridized carbons (Fsp3) is 0.136. The number of benzene rings is 2. The van der Waals surface area contributed by atoms with Gasteiger partial charge < -0.3 is 14.2 Å². The van der Waals surface area contributed by atoms with Crippen molar-refractivity contribution in [3.63, 3.8) is 0 Å². The van der Waals surface area contributed by atoms with Gasteiger partial charge >= 0.3 is 5.97 Å². The third kappa shape index (κ3) is 4.56. The molecule has 7 nitrogen and oxygen atoms in total. The zero-order valence-corrected chi connectivity index (χ0v) is 16.6. The van der Waals surface area contributed by atoms with E-state index in [1.54, 1.807) is 17.4 Å². The second-order valence-corrected chi connectivity index (χ2v) is 7.59. The van der Waals surface area contributed by atoms with Gasteiger partial charge in [-0.2, -0.15) is 0 Å². The van der Waals surface area contributed by atoms with E-state index in [4.69, 9.17) is 14.2 Å². The predicted molar refractivity (Wildman–Crippen MR) is 112 cm³/mol. The van der Waals surface area contributed by atoms with Crippen molar-refractivity contribution < 1.29 is 23.9 Å². The summed E-state index contributed by atoms with van der Waals surface area (Å²) in [6, 6.07) is 16.7. The van der Waals surface area contributed by atoms with E-state index in [9.17, 15) is 14.9 Å². The number of carbonyl (C=O) groups excluding carboxylic acids is 1. The number of ether oxygens (including phenoxy) is 3. The summed E-state index contributed by atoms with van der Waals surface area (Å²) in [7, 11) is 0. The molecule has 8 heteroatoms. The van der Waals surface area contributed by atoms with Crippen LogP contribution in [-0.4, -0.2) is 17.7 Å². The number of fused-ring (bicyclic) bond motifs is 1. The Kier molecular flexibility index (Phi) is 5.87. The van der Waals surface area contributed by atoms with Crippen molar-refractivity contribution in [2.75, 3.05) is 6.79 Å². The second kappa shape index (κ2) is 8.89. The molecule has 0 N–H and O–H groups in total. The summed E-state index contributed by atoms with van der Waals surface area (Å²) in [4.78, 5) is 24.8. The van der Waals surface area contributed by atoms with Crippen LogP contribution in [0.1, 0.15) is 16.0 Å². The van der Waals surface area contributed by atoms with Crippen LogP contribution in [0.3, 0.4) is 0 Å². The minimum absolute atomic E-state index is 0.0494. The van der Waals surface area contributed by atoms with E-state index in [1.807, 2.05) is 42.5 Å². The van der Waals surface area contributed by atoms with Crippen LogP contribution < -0.4 is 4.74 Å². The molecule has 0 unspecified atom stereocenters. The quantitative estimate of drug-likeness (QED) is 0.241. The number of non-ortho nitro benzene ring substituents is 1. The van der Waals surface area contributed by atoms with E-state index in [1.165, 1.54) is 18.2 Å². The zero-order chi connectivity index (χ0) is 20.9. The van der Waals surface area contributed by atoms with Gasteiger partial charge in [-0.25, -0.2) is 4.79 Å². The summed E-state index contributed by atoms with van der Waals surface area (Å²) < 4.78 is 15.9. The summed E-state index contributed by atoms with van der Waals surface area (Å²) in [5.41, 5.74) is 2.01. The highest BCUT2D eigenvalue weighted by molar-refractivity contribution is 7.16. The van der Waals surface area contributed by atoms with Crippen molar-refractivity contribution in [1.29, 1.82) is 0 Å². The molecule has 4 rings (SSSR count). The third-order valence-electron chi connectivity index (χ3n) is 4.42. The molecule has 2 heterocycles. The maximum absolute atomic E-state index is 12.1. The number of carbonyl (C=O) groups is 1. The second-order valence-electron chi connectivity index (χ2n) is 6.47. The van der Waals surface area contributed by atoms with Crippen LogP contribution in [0.2, 0.25) is 0 Å².